The summed E-state index contributed by atoms with van der Waals surface area (Å²) in [5.74, 6) is 2.80. The molecule has 2 aromatic rings. The van der Waals surface area contributed by atoms with Crippen LogP contribution < -0.4 is 0 Å². The number of benzene rings is 2. The van der Waals surface area contributed by atoms with Gasteiger partial charge in [-0.05, 0) is 89.5 Å². The molecule has 4 atom stereocenters. The number of fused-ring (bicyclic) bond motifs is 10. The number of hydrogen-bond donors (Lipinski definition) is 0. The first kappa shape index (κ1) is 12.9. The topological polar surface area (TPSA) is 47.6 Å². The molecule has 0 aliphatic heterocycles. The lowest BCUT2D eigenvalue weighted by atomic mass is 9.65. The second-order valence-corrected chi connectivity index (χ2v) is 7.21. The lowest BCUT2D eigenvalue weighted by Gasteiger charge is -2.38. The van der Waals surface area contributed by atoms with Crippen molar-refractivity contribution in [3.05, 3.63) is 58.7 Å². The predicted octanol–water partition coefficient (Wildman–Crippen LogP) is 4.71. The normalized spacial score (nSPS) is 29.1. The van der Waals surface area contributed by atoms with E-state index in [2.05, 4.69) is 24.3 Å². The minimum absolute atomic E-state index is 0.608. The van der Waals surface area contributed by atoms with Crippen molar-refractivity contribution in [2.45, 2.75) is 31.1 Å². The fraction of sp³-hybridized carbons (Fsp3) is 0.333. The fourth-order valence-corrected chi connectivity index (χ4v) is 5.49. The Bertz CT molecular complexity index is 837. The quantitative estimate of drug-likeness (QED) is 0.707. The highest BCUT2D eigenvalue weighted by molar-refractivity contribution is 5.78. The van der Waals surface area contributed by atoms with Crippen molar-refractivity contribution in [1.29, 1.82) is 10.5 Å². The van der Waals surface area contributed by atoms with Crippen LogP contribution in [0.25, 0.3) is 11.1 Å². The van der Waals surface area contributed by atoms with Crippen molar-refractivity contribution >= 4 is 0 Å². The summed E-state index contributed by atoms with van der Waals surface area (Å²) in [7, 11) is 0. The van der Waals surface area contributed by atoms with Gasteiger partial charge in [0.1, 0.15) is 0 Å². The lowest BCUT2D eigenvalue weighted by molar-refractivity contribution is 0.363. The Morgan fingerprint density at radius 2 is 1.22 bits per heavy atom. The molecule has 0 saturated heterocycles. The van der Waals surface area contributed by atoms with Gasteiger partial charge >= 0.3 is 0 Å². The Morgan fingerprint density at radius 1 is 0.739 bits per heavy atom. The Kier molecular flexibility index (Phi) is 2.51. The van der Waals surface area contributed by atoms with Crippen LogP contribution in [0.4, 0.5) is 0 Å². The zero-order valence-corrected chi connectivity index (χ0v) is 12.8. The van der Waals surface area contributed by atoms with Crippen LogP contribution in [0.5, 0.6) is 0 Å². The molecule has 2 saturated carbocycles. The van der Waals surface area contributed by atoms with Crippen molar-refractivity contribution < 1.29 is 0 Å². The highest BCUT2D eigenvalue weighted by Crippen LogP contribution is 2.65. The molecule has 0 radical (unpaired) electrons. The minimum Gasteiger partial charge on any atom is -0.192 e. The van der Waals surface area contributed by atoms with Crippen LogP contribution in [0.15, 0.2) is 36.4 Å². The molecule has 23 heavy (non-hydrogen) atoms. The van der Waals surface area contributed by atoms with Crippen LogP contribution in [0.2, 0.25) is 0 Å². The Morgan fingerprint density at radius 3 is 1.65 bits per heavy atom. The fourth-order valence-electron chi connectivity index (χ4n) is 5.49. The van der Waals surface area contributed by atoms with Gasteiger partial charge in [-0.25, -0.2) is 0 Å². The average Bonchev–Trinajstić information content (AvgIpc) is 3.23. The molecule has 3 aliphatic carbocycles. The highest BCUT2D eigenvalue weighted by Gasteiger charge is 2.51. The monoisotopic (exact) mass is 296 g/mol. The van der Waals surface area contributed by atoms with Crippen LogP contribution in [0, 0.1) is 34.5 Å². The molecule has 5 rings (SSSR count). The zero-order chi connectivity index (χ0) is 15.6. The molecule has 0 amide bonds. The molecule has 0 heterocycles. The number of nitriles is 2. The third-order valence-electron chi connectivity index (χ3n) is 6.29. The average molecular weight is 296 g/mol. The van der Waals surface area contributed by atoms with E-state index in [4.69, 9.17) is 0 Å². The van der Waals surface area contributed by atoms with E-state index in [1.54, 1.807) is 0 Å². The molecular formula is C21H16N2. The maximum Gasteiger partial charge on any atom is 0.0991 e. The summed E-state index contributed by atoms with van der Waals surface area (Å²) in [4.78, 5) is 0. The van der Waals surface area contributed by atoms with Gasteiger partial charge in [-0.2, -0.15) is 10.5 Å². The first-order chi connectivity index (χ1) is 11.3. The molecule has 0 aromatic heterocycles. The second-order valence-electron chi connectivity index (χ2n) is 7.21. The van der Waals surface area contributed by atoms with E-state index >= 15 is 0 Å². The van der Waals surface area contributed by atoms with Crippen molar-refractivity contribution in [3.8, 4) is 23.3 Å². The third kappa shape index (κ3) is 1.61. The van der Waals surface area contributed by atoms with Crippen LogP contribution >= 0.6 is 0 Å². The summed E-state index contributed by atoms with van der Waals surface area (Å²) in [5.41, 5.74) is 6.60. The summed E-state index contributed by atoms with van der Waals surface area (Å²) < 4.78 is 0. The van der Waals surface area contributed by atoms with E-state index in [9.17, 15) is 10.5 Å². The van der Waals surface area contributed by atoms with E-state index in [0.29, 0.717) is 23.0 Å². The van der Waals surface area contributed by atoms with Crippen LogP contribution in [-0.2, 0) is 0 Å². The van der Waals surface area contributed by atoms with Crippen molar-refractivity contribution in [2.24, 2.45) is 11.8 Å². The Balaban J connectivity index is 1.82. The van der Waals surface area contributed by atoms with Gasteiger partial charge in [0.2, 0.25) is 0 Å². The molecule has 0 N–H and O–H groups in total. The first-order valence-electron chi connectivity index (χ1n) is 8.38. The van der Waals surface area contributed by atoms with Gasteiger partial charge in [0.05, 0.1) is 23.3 Å². The van der Waals surface area contributed by atoms with Gasteiger partial charge in [-0.15, -0.1) is 0 Å². The molecule has 3 aliphatic rings. The second kappa shape index (κ2) is 4.46. The molecule has 0 unspecified atom stereocenters. The number of rotatable bonds is 0. The molecule has 2 nitrogen and oxygen atoms in total. The molecular weight excluding hydrogens is 280 g/mol. The summed E-state index contributed by atoms with van der Waals surface area (Å²) in [5, 5.41) is 18.6. The summed E-state index contributed by atoms with van der Waals surface area (Å²) >= 11 is 0. The zero-order valence-electron chi connectivity index (χ0n) is 12.8. The number of hydrogen-bond acceptors (Lipinski definition) is 2. The van der Waals surface area contributed by atoms with E-state index in [1.165, 1.54) is 41.5 Å². The van der Waals surface area contributed by atoms with Gasteiger partial charge < -0.3 is 0 Å². The van der Waals surface area contributed by atoms with Gasteiger partial charge in [0.25, 0.3) is 0 Å². The van der Waals surface area contributed by atoms with Crippen LogP contribution in [0.1, 0.15) is 53.4 Å². The van der Waals surface area contributed by atoms with Crippen LogP contribution in [0.3, 0.4) is 0 Å². The SMILES string of the molecule is N#Cc1ccc2c(c1)-c1cc(C#N)ccc1[C@H]1[C@@H]3CC[C@@H](C3)[C@@H]21. The maximum atomic E-state index is 9.28. The van der Waals surface area contributed by atoms with Crippen molar-refractivity contribution in [1.82, 2.24) is 0 Å². The standard InChI is InChI=1S/C21H16N2/c22-10-12-1-5-16-18(7-12)19-8-13(11-23)2-6-17(19)21-15-4-3-14(9-15)20(16)21/h1-2,5-8,14-15,20-21H,3-4,9H2/t14-,15+,20-,21+. The smallest absolute Gasteiger partial charge is 0.0991 e. The van der Waals surface area contributed by atoms with Crippen molar-refractivity contribution in [3.63, 3.8) is 0 Å². The Labute approximate surface area is 136 Å². The van der Waals surface area contributed by atoms with E-state index in [0.717, 1.165) is 11.8 Å². The predicted molar refractivity (Wildman–Crippen MR) is 87.6 cm³/mol. The van der Waals surface area contributed by atoms with Gasteiger partial charge in [0, 0.05) is 0 Å². The molecule has 110 valence electrons. The molecule has 2 fully saturated rings. The van der Waals surface area contributed by atoms with Gasteiger partial charge in [0.15, 0.2) is 0 Å². The largest absolute Gasteiger partial charge is 0.192 e. The lowest BCUT2D eigenvalue weighted by Crippen LogP contribution is -2.23. The van der Waals surface area contributed by atoms with E-state index in [-0.39, 0.29) is 0 Å². The maximum absolute atomic E-state index is 9.28. The van der Waals surface area contributed by atoms with E-state index in [1.807, 2.05) is 24.3 Å². The first-order valence-corrected chi connectivity index (χ1v) is 8.38. The highest BCUT2D eigenvalue weighted by atomic mass is 14.5. The minimum atomic E-state index is 0.608. The summed E-state index contributed by atoms with van der Waals surface area (Å²) in [6, 6.07) is 16.8. The Hall–Kier alpha value is -2.58. The van der Waals surface area contributed by atoms with Crippen molar-refractivity contribution in [2.75, 3.05) is 0 Å². The third-order valence-corrected chi connectivity index (χ3v) is 6.29. The molecule has 0 spiro atoms. The molecule has 2 bridgehead atoms. The van der Waals surface area contributed by atoms with Gasteiger partial charge in [-0.3, -0.25) is 0 Å². The van der Waals surface area contributed by atoms with Gasteiger partial charge in [-0.1, -0.05) is 12.1 Å². The van der Waals surface area contributed by atoms with E-state index < -0.39 is 0 Å². The summed E-state index contributed by atoms with van der Waals surface area (Å²) in [6.07, 6.45) is 4.03. The van der Waals surface area contributed by atoms with Crippen LogP contribution in [-0.4, -0.2) is 0 Å². The number of nitrogens with zero attached hydrogens (tertiary/aromatic N) is 2. The molecule has 2 heteroatoms. The molecule has 2 aromatic carbocycles. The summed E-state index contributed by atoms with van der Waals surface area (Å²) in [6.45, 7) is 0.